The Morgan fingerprint density at radius 2 is 1.07 bits per heavy atom. The zero-order chi connectivity index (χ0) is 38.7. The van der Waals surface area contributed by atoms with Gasteiger partial charge in [0.15, 0.2) is 0 Å². The Labute approximate surface area is 344 Å². The molecule has 8 aromatic carbocycles. The maximum absolute atomic E-state index is 5.43. The Hall–Kier alpha value is -6.58. The first kappa shape index (κ1) is 33.4. The summed E-state index contributed by atoms with van der Waals surface area (Å²) in [7, 11) is 0. The molecule has 0 N–H and O–H groups in total. The standard InChI is InChI=1S/C56H43N3/c1-2-15-45-38(10-1)26-27-51-53(45)48-17-4-6-21-50(48)59(51)55-57-49-20-5-3-16-47(49)54(58-55)41-24-22-39(23-25-41)44-18-8-11-40-12-9-19-46(52(40)44)42-13-7-14-43(31-42)56-32-35-28-36(33-56)30-37(29-35)34-56/h1-27,31,35-37H,28-30,32-34H2. The Kier molecular flexibility index (Phi) is 7.19. The first-order valence-corrected chi connectivity index (χ1v) is 21.6. The molecule has 4 saturated carbocycles. The van der Waals surface area contributed by atoms with E-state index in [4.69, 9.17) is 9.97 Å². The lowest BCUT2D eigenvalue weighted by molar-refractivity contribution is -0.00516. The molecule has 4 aliphatic rings. The fraction of sp³-hybridized carbons (Fsp3) is 0.179. The zero-order valence-electron chi connectivity index (χ0n) is 33.0. The second-order valence-corrected chi connectivity index (χ2v) is 18.0. The van der Waals surface area contributed by atoms with E-state index in [-0.39, 0.29) is 0 Å². The summed E-state index contributed by atoms with van der Waals surface area (Å²) in [6.45, 7) is 0. The fourth-order valence-electron chi connectivity index (χ4n) is 12.4. The van der Waals surface area contributed by atoms with E-state index in [0.717, 1.165) is 50.9 Å². The van der Waals surface area contributed by atoms with Crippen LogP contribution < -0.4 is 0 Å². The Bertz CT molecular complexity index is 3280. The summed E-state index contributed by atoms with van der Waals surface area (Å²) in [4.78, 5) is 10.7. The minimum Gasteiger partial charge on any atom is -0.278 e. The number of rotatable bonds is 5. The lowest BCUT2D eigenvalue weighted by atomic mass is 9.48. The van der Waals surface area contributed by atoms with Gasteiger partial charge in [-0.15, -0.1) is 0 Å². The van der Waals surface area contributed by atoms with Crippen LogP contribution in [0.15, 0.2) is 170 Å². The molecule has 0 amide bonds. The van der Waals surface area contributed by atoms with Crippen molar-refractivity contribution in [2.75, 3.05) is 0 Å². The van der Waals surface area contributed by atoms with Gasteiger partial charge in [0.1, 0.15) is 0 Å². The van der Waals surface area contributed by atoms with Gasteiger partial charge in [0, 0.05) is 21.7 Å². The molecule has 2 heterocycles. The topological polar surface area (TPSA) is 30.7 Å². The first-order valence-electron chi connectivity index (χ1n) is 21.6. The van der Waals surface area contributed by atoms with E-state index in [1.54, 1.807) is 5.56 Å². The number of aromatic nitrogens is 3. The fourth-order valence-corrected chi connectivity index (χ4v) is 12.4. The Balaban J connectivity index is 0.931. The third-order valence-corrected chi connectivity index (χ3v) is 14.6. The molecule has 0 saturated heterocycles. The number of fused-ring (bicyclic) bond motifs is 7. The Morgan fingerprint density at radius 3 is 1.85 bits per heavy atom. The van der Waals surface area contributed by atoms with E-state index in [9.17, 15) is 0 Å². The van der Waals surface area contributed by atoms with Crippen molar-refractivity contribution >= 4 is 54.3 Å². The van der Waals surface area contributed by atoms with E-state index >= 15 is 0 Å². The molecule has 0 atom stereocenters. The van der Waals surface area contributed by atoms with Crippen LogP contribution in [0.2, 0.25) is 0 Å². The van der Waals surface area contributed by atoms with Crippen LogP contribution in [0.4, 0.5) is 0 Å². The van der Waals surface area contributed by atoms with E-state index < -0.39 is 0 Å². The van der Waals surface area contributed by atoms with Crippen molar-refractivity contribution in [1.82, 2.24) is 14.5 Å². The van der Waals surface area contributed by atoms with Crippen molar-refractivity contribution in [3.8, 4) is 39.5 Å². The zero-order valence-corrected chi connectivity index (χ0v) is 33.0. The molecule has 59 heavy (non-hydrogen) atoms. The van der Waals surface area contributed by atoms with Crippen molar-refractivity contribution in [3.05, 3.63) is 175 Å². The first-order chi connectivity index (χ1) is 29.2. The van der Waals surface area contributed by atoms with Crippen LogP contribution in [-0.4, -0.2) is 14.5 Å². The number of benzene rings is 8. The van der Waals surface area contributed by atoms with Crippen molar-refractivity contribution in [1.29, 1.82) is 0 Å². The van der Waals surface area contributed by atoms with Crippen LogP contribution in [0.3, 0.4) is 0 Å². The highest BCUT2D eigenvalue weighted by atomic mass is 15.2. The molecule has 0 aliphatic heterocycles. The second-order valence-electron chi connectivity index (χ2n) is 18.0. The van der Waals surface area contributed by atoms with Gasteiger partial charge >= 0.3 is 0 Å². The highest BCUT2D eigenvalue weighted by molar-refractivity contribution is 6.21. The predicted octanol–water partition coefficient (Wildman–Crippen LogP) is 14.5. The highest BCUT2D eigenvalue weighted by Gasteiger charge is 2.51. The summed E-state index contributed by atoms with van der Waals surface area (Å²) < 4.78 is 2.25. The molecule has 3 nitrogen and oxygen atoms in total. The number of hydrogen-bond donors (Lipinski definition) is 0. The van der Waals surface area contributed by atoms with E-state index in [0.29, 0.717) is 11.4 Å². The molecule has 10 aromatic rings. The molecule has 14 rings (SSSR count). The molecule has 282 valence electrons. The summed E-state index contributed by atoms with van der Waals surface area (Å²) in [5.41, 5.74) is 12.2. The van der Waals surface area contributed by atoms with Crippen LogP contribution in [-0.2, 0) is 5.41 Å². The lowest BCUT2D eigenvalue weighted by Gasteiger charge is -2.57. The molecule has 2 aromatic heterocycles. The van der Waals surface area contributed by atoms with Crippen molar-refractivity contribution < 1.29 is 0 Å². The molecule has 0 radical (unpaired) electrons. The minimum absolute atomic E-state index is 0.370. The van der Waals surface area contributed by atoms with Gasteiger partial charge in [-0.1, -0.05) is 152 Å². The average molecular weight is 758 g/mol. The van der Waals surface area contributed by atoms with Crippen LogP contribution in [0.5, 0.6) is 0 Å². The Morgan fingerprint density at radius 1 is 0.441 bits per heavy atom. The van der Waals surface area contributed by atoms with E-state index in [1.807, 2.05) is 0 Å². The molecule has 0 unspecified atom stereocenters. The molecule has 0 spiro atoms. The van der Waals surface area contributed by atoms with Gasteiger partial charge in [-0.2, -0.15) is 0 Å². The van der Waals surface area contributed by atoms with Gasteiger partial charge in [0.2, 0.25) is 5.95 Å². The SMILES string of the molecule is c1cc(-c2cccc3cccc(-c4ccc(-c5nc(-n6c7ccccc7c7c8ccccc8ccc76)nc6ccccc56)cc4)c23)cc(C23CC4CC(CC(C4)C2)C3)c1. The molecular weight excluding hydrogens is 715 g/mol. The molecule has 4 fully saturated rings. The smallest absolute Gasteiger partial charge is 0.235 e. The van der Waals surface area contributed by atoms with Gasteiger partial charge in [-0.25, -0.2) is 9.97 Å². The van der Waals surface area contributed by atoms with Gasteiger partial charge in [0.25, 0.3) is 0 Å². The normalized spacial score (nSPS) is 21.1. The molecular formula is C56H43N3. The summed E-state index contributed by atoms with van der Waals surface area (Å²) >= 11 is 0. The van der Waals surface area contributed by atoms with Crippen molar-refractivity contribution in [2.45, 2.75) is 43.9 Å². The van der Waals surface area contributed by atoms with E-state index in [1.165, 1.54) is 93.1 Å². The lowest BCUT2D eigenvalue weighted by Crippen LogP contribution is -2.48. The van der Waals surface area contributed by atoms with E-state index in [2.05, 4.69) is 174 Å². The van der Waals surface area contributed by atoms with Crippen LogP contribution in [0.1, 0.15) is 44.1 Å². The van der Waals surface area contributed by atoms with Gasteiger partial charge < -0.3 is 0 Å². The second kappa shape index (κ2) is 12.7. The number of nitrogens with zero attached hydrogens (tertiary/aromatic N) is 3. The molecule has 4 bridgehead atoms. The minimum atomic E-state index is 0.370. The quantitative estimate of drug-likeness (QED) is 0.175. The highest BCUT2D eigenvalue weighted by Crippen LogP contribution is 2.61. The molecule has 4 aliphatic carbocycles. The average Bonchev–Trinajstić information content (AvgIpc) is 3.63. The number of para-hydroxylation sites is 2. The molecule has 3 heteroatoms. The third kappa shape index (κ3) is 5.13. The van der Waals surface area contributed by atoms with Crippen LogP contribution >= 0.6 is 0 Å². The predicted molar refractivity (Wildman–Crippen MR) is 245 cm³/mol. The summed E-state index contributed by atoms with van der Waals surface area (Å²) in [6, 6.07) is 62.6. The van der Waals surface area contributed by atoms with Gasteiger partial charge in [0.05, 0.1) is 22.2 Å². The van der Waals surface area contributed by atoms with Crippen LogP contribution in [0, 0.1) is 17.8 Å². The maximum atomic E-state index is 5.43. The van der Waals surface area contributed by atoms with Crippen LogP contribution in [0.25, 0.3) is 93.7 Å². The van der Waals surface area contributed by atoms with Crippen molar-refractivity contribution in [2.24, 2.45) is 17.8 Å². The maximum Gasteiger partial charge on any atom is 0.235 e. The summed E-state index contributed by atoms with van der Waals surface area (Å²) in [5, 5.41) is 8.54. The van der Waals surface area contributed by atoms with Crippen molar-refractivity contribution in [3.63, 3.8) is 0 Å². The monoisotopic (exact) mass is 757 g/mol. The van der Waals surface area contributed by atoms with Gasteiger partial charge in [-0.05, 0) is 129 Å². The van der Waals surface area contributed by atoms with Gasteiger partial charge in [-0.3, -0.25) is 4.57 Å². The summed E-state index contributed by atoms with van der Waals surface area (Å²) in [6.07, 6.45) is 8.56. The largest absolute Gasteiger partial charge is 0.278 e. The third-order valence-electron chi connectivity index (χ3n) is 14.6. The summed E-state index contributed by atoms with van der Waals surface area (Å²) in [5.74, 6) is 3.47. The number of hydrogen-bond acceptors (Lipinski definition) is 2.